The highest BCUT2D eigenvalue weighted by atomic mass is 31.0. The molecule has 2 heteroatoms. The molecule has 0 aliphatic rings. The maximum Gasteiger partial charge on any atom is -0.00142 e. The Labute approximate surface area is 60.8 Å². The van der Waals surface area contributed by atoms with Crippen molar-refractivity contribution in [1.82, 2.24) is 5.32 Å². The van der Waals surface area contributed by atoms with Gasteiger partial charge in [-0.1, -0.05) is 13.8 Å². The zero-order valence-corrected chi connectivity index (χ0v) is 7.64. The van der Waals surface area contributed by atoms with Gasteiger partial charge in [-0.3, -0.25) is 0 Å². The van der Waals surface area contributed by atoms with Crippen molar-refractivity contribution in [2.75, 3.05) is 19.3 Å². The topological polar surface area (TPSA) is 12.0 Å². The van der Waals surface area contributed by atoms with Crippen molar-refractivity contribution in [3.63, 3.8) is 0 Å². The maximum absolute atomic E-state index is 3.35. The van der Waals surface area contributed by atoms with Crippen molar-refractivity contribution in [3.05, 3.63) is 0 Å². The maximum atomic E-state index is 3.35. The fraction of sp³-hybridized carbons (Fsp3) is 1.00. The van der Waals surface area contributed by atoms with E-state index in [1.807, 2.05) is 0 Å². The fourth-order valence-electron chi connectivity index (χ4n) is 0.618. The molecule has 0 aromatic heterocycles. The van der Waals surface area contributed by atoms with E-state index in [-0.39, 0.29) is 0 Å². The molecule has 0 heterocycles. The first kappa shape index (κ1) is 9.39. The molecule has 0 aromatic carbocycles. The van der Waals surface area contributed by atoms with E-state index in [4.69, 9.17) is 0 Å². The molecule has 1 atom stereocenters. The molecule has 0 bridgehead atoms. The average Bonchev–Trinajstić information content (AvgIpc) is 1.80. The summed E-state index contributed by atoms with van der Waals surface area (Å²) < 4.78 is 0. The standard InChI is InChI=1S/C7H18NP/c1-7(2)3-4-8-5-6-9/h7-8H,3-6,9H2,1-2H3. The first-order chi connectivity index (χ1) is 4.27. The van der Waals surface area contributed by atoms with Crippen LogP contribution in [0.5, 0.6) is 0 Å². The van der Waals surface area contributed by atoms with Gasteiger partial charge in [0.2, 0.25) is 0 Å². The summed E-state index contributed by atoms with van der Waals surface area (Å²) in [6, 6.07) is 0. The summed E-state index contributed by atoms with van der Waals surface area (Å²) in [5.74, 6) is 0.835. The molecule has 0 aliphatic carbocycles. The lowest BCUT2D eigenvalue weighted by Gasteiger charge is -2.04. The van der Waals surface area contributed by atoms with Gasteiger partial charge in [0.1, 0.15) is 0 Å². The molecular formula is C7H18NP. The number of hydrogen-bond donors (Lipinski definition) is 1. The minimum atomic E-state index is 0.835. The molecule has 0 radical (unpaired) electrons. The second kappa shape index (κ2) is 6.51. The molecule has 0 saturated heterocycles. The summed E-state index contributed by atoms with van der Waals surface area (Å²) in [7, 11) is 2.71. The van der Waals surface area contributed by atoms with Crippen molar-refractivity contribution < 1.29 is 0 Å². The highest BCUT2D eigenvalue weighted by Crippen LogP contribution is 1.95. The molecular weight excluding hydrogens is 129 g/mol. The smallest absolute Gasteiger partial charge is 0.00142 e. The van der Waals surface area contributed by atoms with E-state index in [1.165, 1.54) is 13.0 Å². The Bertz CT molecular complexity index is 54.9. The van der Waals surface area contributed by atoms with Crippen molar-refractivity contribution in [2.45, 2.75) is 20.3 Å². The van der Waals surface area contributed by atoms with Crippen LogP contribution in [0.25, 0.3) is 0 Å². The van der Waals surface area contributed by atoms with Crippen molar-refractivity contribution in [1.29, 1.82) is 0 Å². The van der Waals surface area contributed by atoms with Gasteiger partial charge in [0, 0.05) is 0 Å². The molecule has 0 rings (SSSR count). The largest absolute Gasteiger partial charge is 0.316 e. The molecule has 0 spiro atoms. The normalized spacial score (nSPS) is 10.7. The van der Waals surface area contributed by atoms with E-state index in [2.05, 4.69) is 28.4 Å². The molecule has 56 valence electrons. The number of hydrogen-bond acceptors (Lipinski definition) is 1. The van der Waals surface area contributed by atoms with Crippen molar-refractivity contribution >= 4 is 9.24 Å². The summed E-state index contributed by atoms with van der Waals surface area (Å²) in [6.45, 7) is 6.81. The van der Waals surface area contributed by atoms with Crippen LogP contribution in [0, 0.1) is 5.92 Å². The van der Waals surface area contributed by atoms with E-state index < -0.39 is 0 Å². The van der Waals surface area contributed by atoms with Gasteiger partial charge in [0.05, 0.1) is 0 Å². The van der Waals surface area contributed by atoms with Gasteiger partial charge in [-0.2, -0.15) is 0 Å². The third-order valence-corrected chi connectivity index (χ3v) is 1.51. The lowest BCUT2D eigenvalue weighted by molar-refractivity contribution is 0.547. The highest BCUT2D eigenvalue weighted by molar-refractivity contribution is 7.16. The molecule has 1 unspecified atom stereocenters. The van der Waals surface area contributed by atoms with E-state index in [9.17, 15) is 0 Å². The van der Waals surface area contributed by atoms with Crippen LogP contribution in [-0.4, -0.2) is 19.3 Å². The van der Waals surface area contributed by atoms with Gasteiger partial charge in [0.25, 0.3) is 0 Å². The zero-order valence-electron chi connectivity index (χ0n) is 6.48. The summed E-state index contributed by atoms with van der Waals surface area (Å²) in [5.41, 5.74) is 0. The molecule has 1 N–H and O–H groups in total. The molecule has 0 aliphatic heterocycles. The van der Waals surface area contributed by atoms with Gasteiger partial charge in [0.15, 0.2) is 0 Å². The van der Waals surface area contributed by atoms with Crippen LogP contribution in [-0.2, 0) is 0 Å². The SMILES string of the molecule is CC(C)CCNCCP. The lowest BCUT2D eigenvalue weighted by Crippen LogP contribution is -2.18. The minimum Gasteiger partial charge on any atom is -0.316 e. The summed E-state index contributed by atoms with van der Waals surface area (Å²) >= 11 is 0. The Kier molecular flexibility index (Phi) is 6.79. The monoisotopic (exact) mass is 147 g/mol. The Balaban J connectivity index is 2.75. The summed E-state index contributed by atoms with van der Waals surface area (Å²) in [6.07, 6.45) is 2.46. The van der Waals surface area contributed by atoms with E-state index in [0.717, 1.165) is 18.6 Å². The van der Waals surface area contributed by atoms with Gasteiger partial charge >= 0.3 is 0 Å². The Morgan fingerprint density at radius 2 is 2.00 bits per heavy atom. The molecule has 9 heavy (non-hydrogen) atoms. The van der Waals surface area contributed by atoms with Gasteiger partial charge in [-0.25, -0.2) is 0 Å². The van der Waals surface area contributed by atoms with Crippen LogP contribution in [0.15, 0.2) is 0 Å². The van der Waals surface area contributed by atoms with Crippen LogP contribution < -0.4 is 5.32 Å². The van der Waals surface area contributed by atoms with Crippen molar-refractivity contribution in [3.8, 4) is 0 Å². The van der Waals surface area contributed by atoms with E-state index in [1.54, 1.807) is 0 Å². The number of rotatable bonds is 5. The first-order valence-corrected chi connectivity index (χ1v) is 4.49. The van der Waals surface area contributed by atoms with Gasteiger partial charge in [-0.15, -0.1) is 9.24 Å². The molecule has 0 aromatic rings. The van der Waals surface area contributed by atoms with E-state index in [0.29, 0.717) is 0 Å². The third kappa shape index (κ3) is 8.39. The van der Waals surface area contributed by atoms with Crippen LogP contribution in [0.1, 0.15) is 20.3 Å². The van der Waals surface area contributed by atoms with Gasteiger partial charge in [-0.05, 0) is 31.6 Å². The Morgan fingerprint density at radius 1 is 1.33 bits per heavy atom. The summed E-state index contributed by atoms with van der Waals surface area (Å²) in [5, 5.41) is 3.35. The third-order valence-electron chi connectivity index (χ3n) is 1.22. The molecule has 0 saturated carbocycles. The Hall–Kier alpha value is 0.390. The number of nitrogens with one attached hydrogen (secondary N) is 1. The quantitative estimate of drug-likeness (QED) is 0.459. The fourth-order valence-corrected chi connectivity index (χ4v) is 0.822. The van der Waals surface area contributed by atoms with E-state index >= 15 is 0 Å². The lowest BCUT2D eigenvalue weighted by atomic mass is 10.1. The second-order valence-electron chi connectivity index (χ2n) is 2.72. The van der Waals surface area contributed by atoms with Crippen molar-refractivity contribution in [2.24, 2.45) is 5.92 Å². The second-order valence-corrected chi connectivity index (χ2v) is 3.30. The van der Waals surface area contributed by atoms with Crippen LogP contribution in [0.4, 0.5) is 0 Å². The van der Waals surface area contributed by atoms with Crippen LogP contribution >= 0.6 is 9.24 Å². The minimum absolute atomic E-state index is 0.835. The zero-order chi connectivity index (χ0) is 7.11. The Morgan fingerprint density at radius 3 is 2.44 bits per heavy atom. The predicted octanol–water partition coefficient (Wildman–Crippen LogP) is 1.50. The molecule has 0 amide bonds. The summed E-state index contributed by atoms with van der Waals surface area (Å²) in [4.78, 5) is 0. The van der Waals surface area contributed by atoms with Gasteiger partial charge < -0.3 is 5.32 Å². The first-order valence-electron chi connectivity index (χ1n) is 3.68. The predicted molar refractivity (Wildman–Crippen MR) is 46.9 cm³/mol. The highest BCUT2D eigenvalue weighted by Gasteiger charge is 1.90. The molecule has 1 nitrogen and oxygen atoms in total. The molecule has 0 fully saturated rings. The van der Waals surface area contributed by atoms with Crippen LogP contribution in [0.2, 0.25) is 0 Å². The average molecular weight is 147 g/mol. The van der Waals surface area contributed by atoms with Crippen LogP contribution in [0.3, 0.4) is 0 Å².